The monoisotopic (exact) mass is 231 g/mol. The molecule has 1 aromatic heterocycles. The van der Waals surface area contributed by atoms with Gasteiger partial charge in [-0.3, -0.25) is 4.79 Å². The molecule has 0 atom stereocenters. The van der Waals surface area contributed by atoms with Gasteiger partial charge in [-0.25, -0.2) is 8.78 Å². The van der Waals surface area contributed by atoms with Crippen molar-refractivity contribution in [2.75, 3.05) is 12.3 Å². The smallest absolute Gasteiger partial charge is 0.268 e. The number of nitrogens with two attached hydrogens (primary N) is 1. The summed E-state index contributed by atoms with van der Waals surface area (Å²) in [6.07, 6.45) is -0.939. The summed E-state index contributed by atoms with van der Waals surface area (Å²) in [5, 5.41) is 2.14. The van der Waals surface area contributed by atoms with E-state index in [4.69, 9.17) is 5.73 Å². The number of nitrogens with one attached hydrogen (secondary N) is 1. The minimum absolute atomic E-state index is 0.0459. The molecule has 1 heterocycles. The Morgan fingerprint density at radius 1 is 1.56 bits per heavy atom. The predicted molar refractivity (Wildman–Crippen MR) is 57.6 cm³/mol. The summed E-state index contributed by atoms with van der Waals surface area (Å²) in [5.41, 5.74) is 6.30. The Kier molecular flexibility index (Phi) is 3.87. The third kappa shape index (κ3) is 2.95. The van der Waals surface area contributed by atoms with E-state index in [0.29, 0.717) is 11.4 Å². The molecule has 0 saturated heterocycles. The first-order valence-electron chi connectivity index (χ1n) is 4.95. The zero-order chi connectivity index (χ0) is 12.3. The number of carbonyl (C=O) groups excluding carboxylic acids is 1. The lowest BCUT2D eigenvalue weighted by molar-refractivity contribution is 0.0881. The summed E-state index contributed by atoms with van der Waals surface area (Å²) in [7, 11) is 0. The number of amides is 1. The third-order valence-corrected chi connectivity index (χ3v) is 2.08. The number of aromatic nitrogens is 1. The van der Waals surface area contributed by atoms with Crippen molar-refractivity contribution in [3.05, 3.63) is 18.0 Å². The zero-order valence-corrected chi connectivity index (χ0v) is 9.21. The van der Waals surface area contributed by atoms with Crippen molar-refractivity contribution in [1.29, 1.82) is 0 Å². The molecule has 1 rings (SSSR count). The van der Waals surface area contributed by atoms with Gasteiger partial charge in [0, 0.05) is 12.2 Å². The Morgan fingerprint density at radius 3 is 2.69 bits per heavy atom. The lowest BCUT2D eigenvalue weighted by atomic mass is 10.3. The van der Waals surface area contributed by atoms with Crippen LogP contribution >= 0.6 is 0 Å². The maximum atomic E-state index is 11.9. The van der Waals surface area contributed by atoms with Crippen LogP contribution in [0.5, 0.6) is 0 Å². The van der Waals surface area contributed by atoms with Crippen LogP contribution in [0, 0.1) is 0 Å². The second kappa shape index (κ2) is 4.96. The van der Waals surface area contributed by atoms with Crippen molar-refractivity contribution in [3.63, 3.8) is 0 Å². The van der Waals surface area contributed by atoms with Crippen molar-refractivity contribution in [2.24, 2.45) is 0 Å². The molecule has 0 aliphatic rings. The molecule has 90 valence electrons. The summed E-state index contributed by atoms with van der Waals surface area (Å²) in [4.78, 5) is 11.6. The van der Waals surface area contributed by atoms with Gasteiger partial charge in [-0.1, -0.05) is 0 Å². The number of rotatable bonds is 4. The number of alkyl halides is 2. The third-order valence-electron chi connectivity index (χ3n) is 2.08. The van der Waals surface area contributed by atoms with Crippen LogP contribution in [-0.4, -0.2) is 23.4 Å². The summed E-state index contributed by atoms with van der Waals surface area (Å²) >= 11 is 0. The van der Waals surface area contributed by atoms with Gasteiger partial charge >= 0.3 is 0 Å². The summed E-state index contributed by atoms with van der Waals surface area (Å²) in [6.45, 7) is 3.11. The molecule has 0 saturated carbocycles. The summed E-state index contributed by atoms with van der Waals surface area (Å²) in [6, 6.07) is 1.52. The first-order chi connectivity index (χ1) is 7.41. The first-order valence-corrected chi connectivity index (χ1v) is 4.95. The minimum Gasteiger partial charge on any atom is -0.397 e. The summed E-state index contributed by atoms with van der Waals surface area (Å²) < 4.78 is 25.5. The lowest BCUT2D eigenvalue weighted by Gasteiger charge is -2.12. The molecule has 0 aliphatic carbocycles. The van der Waals surface area contributed by atoms with Crippen LogP contribution in [0.15, 0.2) is 12.3 Å². The number of halogens is 2. The molecule has 0 fully saturated rings. The molecule has 3 N–H and O–H groups in total. The van der Waals surface area contributed by atoms with E-state index in [9.17, 15) is 13.6 Å². The molecule has 16 heavy (non-hydrogen) atoms. The largest absolute Gasteiger partial charge is 0.397 e. The van der Waals surface area contributed by atoms with Crippen molar-refractivity contribution in [2.45, 2.75) is 26.3 Å². The summed E-state index contributed by atoms with van der Waals surface area (Å²) in [5.74, 6) is -0.536. The van der Waals surface area contributed by atoms with Crippen molar-refractivity contribution in [3.8, 4) is 0 Å². The van der Waals surface area contributed by atoms with Crippen molar-refractivity contribution < 1.29 is 13.6 Å². The molecule has 0 unspecified atom stereocenters. The van der Waals surface area contributed by atoms with E-state index in [1.165, 1.54) is 6.07 Å². The van der Waals surface area contributed by atoms with Crippen LogP contribution in [0.1, 0.15) is 30.4 Å². The van der Waals surface area contributed by atoms with Gasteiger partial charge in [-0.05, 0) is 19.9 Å². The van der Waals surface area contributed by atoms with Crippen molar-refractivity contribution in [1.82, 2.24) is 9.88 Å². The van der Waals surface area contributed by atoms with Gasteiger partial charge in [0.2, 0.25) is 0 Å². The fourth-order valence-corrected chi connectivity index (χ4v) is 1.37. The van der Waals surface area contributed by atoms with E-state index in [0.717, 1.165) is 0 Å². The number of hydrogen-bond donors (Lipinski definition) is 2. The average molecular weight is 231 g/mol. The van der Waals surface area contributed by atoms with Crippen LogP contribution < -0.4 is 11.1 Å². The molecule has 0 aromatic carbocycles. The quantitative estimate of drug-likeness (QED) is 0.827. The maximum Gasteiger partial charge on any atom is 0.268 e. The molecule has 6 heteroatoms. The van der Waals surface area contributed by atoms with E-state index in [1.54, 1.807) is 10.8 Å². The van der Waals surface area contributed by atoms with Gasteiger partial charge in [0.15, 0.2) is 0 Å². The Morgan fingerprint density at radius 2 is 2.19 bits per heavy atom. The highest BCUT2D eigenvalue weighted by atomic mass is 19.3. The highest BCUT2D eigenvalue weighted by molar-refractivity contribution is 5.93. The van der Waals surface area contributed by atoms with Gasteiger partial charge in [-0.15, -0.1) is 0 Å². The Labute approximate surface area is 92.4 Å². The van der Waals surface area contributed by atoms with Crippen LogP contribution in [0.3, 0.4) is 0 Å². The van der Waals surface area contributed by atoms with Crippen LogP contribution in [0.2, 0.25) is 0 Å². The van der Waals surface area contributed by atoms with Crippen LogP contribution in [0.4, 0.5) is 14.5 Å². The number of carbonyl (C=O) groups is 1. The molecule has 0 bridgehead atoms. The fourth-order valence-electron chi connectivity index (χ4n) is 1.37. The van der Waals surface area contributed by atoms with E-state index in [-0.39, 0.29) is 6.04 Å². The highest BCUT2D eigenvalue weighted by Crippen LogP contribution is 2.16. The van der Waals surface area contributed by atoms with Crippen LogP contribution in [-0.2, 0) is 0 Å². The molecule has 4 nitrogen and oxygen atoms in total. The van der Waals surface area contributed by atoms with Gasteiger partial charge in [0.05, 0.1) is 12.2 Å². The van der Waals surface area contributed by atoms with E-state index in [2.05, 4.69) is 5.32 Å². The zero-order valence-electron chi connectivity index (χ0n) is 9.21. The van der Waals surface area contributed by atoms with Crippen molar-refractivity contribution >= 4 is 11.6 Å². The molecule has 1 amide bonds. The minimum atomic E-state index is -2.55. The van der Waals surface area contributed by atoms with Gasteiger partial charge < -0.3 is 15.6 Å². The number of hydrogen-bond acceptors (Lipinski definition) is 2. The first kappa shape index (κ1) is 12.5. The molecular formula is C10H15F2N3O. The van der Waals surface area contributed by atoms with E-state index in [1.807, 2.05) is 13.8 Å². The van der Waals surface area contributed by atoms with Gasteiger partial charge in [-0.2, -0.15) is 0 Å². The molecule has 1 aromatic rings. The van der Waals surface area contributed by atoms with E-state index >= 15 is 0 Å². The second-order valence-electron chi connectivity index (χ2n) is 3.76. The molecular weight excluding hydrogens is 216 g/mol. The lowest BCUT2D eigenvalue weighted by Crippen LogP contribution is -2.30. The average Bonchev–Trinajstić information content (AvgIpc) is 2.56. The van der Waals surface area contributed by atoms with E-state index < -0.39 is 18.9 Å². The Bertz CT molecular complexity index is 374. The molecule has 0 radical (unpaired) electrons. The Hall–Kier alpha value is -1.59. The van der Waals surface area contributed by atoms with Crippen LogP contribution in [0.25, 0.3) is 0 Å². The van der Waals surface area contributed by atoms with Gasteiger partial charge in [0.1, 0.15) is 5.69 Å². The maximum absolute atomic E-state index is 11.9. The normalized spacial score (nSPS) is 11.1. The fraction of sp³-hybridized carbons (Fsp3) is 0.500. The second-order valence-corrected chi connectivity index (χ2v) is 3.76. The topological polar surface area (TPSA) is 60.0 Å². The number of nitrogen functional groups attached to an aromatic ring is 1. The standard InChI is InChI=1S/C10H15F2N3O/c1-6(2)15-5-7(13)3-8(15)10(16)14-4-9(11)12/h3,5-6,9H,4,13H2,1-2H3,(H,14,16). The predicted octanol–water partition coefficient (Wildman–Crippen LogP) is 1.65. The highest BCUT2D eigenvalue weighted by Gasteiger charge is 2.15. The number of nitrogens with zero attached hydrogens (tertiary/aromatic N) is 1. The molecule has 0 spiro atoms. The van der Waals surface area contributed by atoms with Gasteiger partial charge in [0.25, 0.3) is 12.3 Å². The molecule has 0 aliphatic heterocycles. The Balaban J connectivity index is 2.82. The SMILES string of the molecule is CC(C)n1cc(N)cc1C(=O)NCC(F)F. The number of anilines is 1.